The molecule has 2 aliphatic rings. The quantitative estimate of drug-likeness (QED) is 0.929. The number of hydrogen-bond donors (Lipinski definition) is 1. The second-order valence-electron chi connectivity index (χ2n) is 6.32. The summed E-state index contributed by atoms with van der Waals surface area (Å²) in [5.41, 5.74) is 1.41. The second-order valence-corrected chi connectivity index (χ2v) is 6.32. The predicted molar refractivity (Wildman–Crippen MR) is 86.8 cm³/mol. The zero-order valence-corrected chi connectivity index (χ0v) is 13.3. The van der Waals surface area contributed by atoms with Crippen molar-refractivity contribution in [3.8, 4) is 0 Å². The third-order valence-electron chi connectivity index (χ3n) is 5.00. The number of amides is 1. The van der Waals surface area contributed by atoms with E-state index in [0.717, 1.165) is 32.5 Å². The molecule has 22 heavy (non-hydrogen) atoms. The summed E-state index contributed by atoms with van der Waals surface area (Å²) in [5.74, 6) is 1.27. The van der Waals surface area contributed by atoms with Crippen molar-refractivity contribution in [2.45, 2.75) is 31.8 Å². The van der Waals surface area contributed by atoms with Crippen molar-refractivity contribution in [2.75, 3.05) is 32.8 Å². The highest BCUT2D eigenvalue weighted by Crippen LogP contribution is 2.35. The molecule has 120 valence electrons. The summed E-state index contributed by atoms with van der Waals surface area (Å²) in [4.78, 5) is 14.6. The molecule has 3 atom stereocenters. The van der Waals surface area contributed by atoms with Crippen LogP contribution < -0.4 is 5.32 Å². The third-order valence-corrected chi connectivity index (χ3v) is 5.00. The van der Waals surface area contributed by atoms with Gasteiger partial charge < -0.3 is 15.0 Å². The SMILES string of the molecule is CCC1CN(C(=O)C2CNCCO2)CCC1c1ccccc1. The van der Waals surface area contributed by atoms with E-state index in [-0.39, 0.29) is 12.0 Å². The first-order valence-corrected chi connectivity index (χ1v) is 8.45. The van der Waals surface area contributed by atoms with Crippen LogP contribution in [0.5, 0.6) is 0 Å². The molecule has 1 aromatic carbocycles. The van der Waals surface area contributed by atoms with E-state index in [0.29, 0.717) is 25.0 Å². The van der Waals surface area contributed by atoms with Crippen LogP contribution in [0, 0.1) is 5.92 Å². The van der Waals surface area contributed by atoms with E-state index < -0.39 is 0 Å². The van der Waals surface area contributed by atoms with Gasteiger partial charge in [0.1, 0.15) is 6.10 Å². The highest BCUT2D eigenvalue weighted by atomic mass is 16.5. The molecule has 2 saturated heterocycles. The molecule has 3 unspecified atom stereocenters. The average Bonchev–Trinajstić information content (AvgIpc) is 2.62. The number of piperidine rings is 1. The Labute approximate surface area is 132 Å². The highest BCUT2D eigenvalue weighted by molar-refractivity contribution is 5.81. The molecule has 1 amide bonds. The van der Waals surface area contributed by atoms with Gasteiger partial charge in [0.05, 0.1) is 6.61 Å². The maximum absolute atomic E-state index is 12.6. The highest BCUT2D eigenvalue weighted by Gasteiger charge is 2.34. The molecule has 0 radical (unpaired) electrons. The zero-order chi connectivity index (χ0) is 15.4. The van der Waals surface area contributed by atoms with Crippen LogP contribution in [0.15, 0.2) is 30.3 Å². The Morgan fingerprint density at radius 2 is 2.18 bits per heavy atom. The van der Waals surface area contributed by atoms with Gasteiger partial charge in [0.2, 0.25) is 0 Å². The van der Waals surface area contributed by atoms with Crippen LogP contribution in [-0.4, -0.2) is 49.7 Å². The normalized spacial score (nSPS) is 29.3. The molecule has 1 N–H and O–H groups in total. The molecule has 3 rings (SSSR count). The van der Waals surface area contributed by atoms with Crippen LogP contribution in [-0.2, 0) is 9.53 Å². The van der Waals surface area contributed by atoms with Crippen LogP contribution in [0.4, 0.5) is 0 Å². The first-order chi connectivity index (χ1) is 10.8. The molecule has 0 saturated carbocycles. The van der Waals surface area contributed by atoms with E-state index in [9.17, 15) is 4.79 Å². The third kappa shape index (κ3) is 3.33. The summed E-state index contributed by atoms with van der Waals surface area (Å²) in [6.07, 6.45) is 1.86. The predicted octanol–water partition coefficient (Wildman–Crippen LogP) is 2.02. The standard InChI is InChI=1S/C18H26N2O2/c1-2-14-13-20(18(21)17-12-19-9-11-22-17)10-8-16(14)15-6-4-3-5-7-15/h3-7,14,16-17,19H,2,8-13H2,1H3. The number of benzene rings is 1. The van der Waals surface area contributed by atoms with Crippen molar-refractivity contribution in [3.05, 3.63) is 35.9 Å². The Morgan fingerprint density at radius 3 is 2.86 bits per heavy atom. The average molecular weight is 302 g/mol. The minimum absolute atomic E-state index is 0.164. The van der Waals surface area contributed by atoms with Gasteiger partial charge >= 0.3 is 0 Å². The number of rotatable bonds is 3. The van der Waals surface area contributed by atoms with Gasteiger partial charge in [0.25, 0.3) is 5.91 Å². The van der Waals surface area contributed by atoms with E-state index in [1.54, 1.807) is 0 Å². The number of hydrogen-bond acceptors (Lipinski definition) is 3. The van der Waals surface area contributed by atoms with Gasteiger partial charge in [-0.05, 0) is 23.8 Å². The number of likely N-dealkylation sites (tertiary alicyclic amines) is 1. The molecular weight excluding hydrogens is 276 g/mol. The molecule has 1 aromatic rings. The van der Waals surface area contributed by atoms with E-state index in [1.165, 1.54) is 5.56 Å². The molecular formula is C18H26N2O2. The van der Waals surface area contributed by atoms with Gasteiger partial charge in [-0.25, -0.2) is 0 Å². The maximum Gasteiger partial charge on any atom is 0.253 e. The Hall–Kier alpha value is -1.39. The van der Waals surface area contributed by atoms with E-state index in [2.05, 4.69) is 42.6 Å². The van der Waals surface area contributed by atoms with Gasteiger partial charge in [-0.3, -0.25) is 4.79 Å². The van der Waals surface area contributed by atoms with Crippen LogP contribution in [0.25, 0.3) is 0 Å². The molecule has 4 nitrogen and oxygen atoms in total. The minimum atomic E-state index is -0.292. The largest absolute Gasteiger partial charge is 0.366 e. The summed E-state index contributed by atoms with van der Waals surface area (Å²) in [5, 5.41) is 3.24. The minimum Gasteiger partial charge on any atom is -0.366 e. The van der Waals surface area contributed by atoms with E-state index >= 15 is 0 Å². The van der Waals surface area contributed by atoms with Gasteiger partial charge in [0.15, 0.2) is 0 Å². The van der Waals surface area contributed by atoms with Crippen molar-refractivity contribution in [1.29, 1.82) is 0 Å². The fourth-order valence-electron chi connectivity index (χ4n) is 3.71. The fourth-order valence-corrected chi connectivity index (χ4v) is 3.71. The summed E-state index contributed by atoms with van der Waals surface area (Å²) >= 11 is 0. The van der Waals surface area contributed by atoms with Crippen molar-refractivity contribution in [1.82, 2.24) is 10.2 Å². The number of nitrogens with zero attached hydrogens (tertiary/aromatic N) is 1. The van der Waals surface area contributed by atoms with E-state index in [4.69, 9.17) is 4.74 Å². The maximum atomic E-state index is 12.6. The molecule has 0 aliphatic carbocycles. The van der Waals surface area contributed by atoms with Crippen molar-refractivity contribution >= 4 is 5.91 Å². The molecule has 2 aliphatic heterocycles. The molecule has 4 heteroatoms. The Morgan fingerprint density at radius 1 is 1.36 bits per heavy atom. The molecule has 0 bridgehead atoms. The van der Waals surface area contributed by atoms with Crippen LogP contribution >= 0.6 is 0 Å². The molecule has 2 heterocycles. The number of nitrogens with one attached hydrogen (secondary N) is 1. The first-order valence-electron chi connectivity index (χ1n) is 8.45. The summed E-state index contributed by atoms with van der Waals surface area (Å²) < 4.78 is 5.62. The first kappa shape index (κ1) is 15.5. The smallest absolute Gasteiger partial charge is 0.253 e. The number of carbonyl (C=O) groups is 1. The second kappa shape index (κ2) is 7.25. The lowest BCUT2D eigenvalue weighted by molar-refractivity contribution is -0.147. The van der Waals surface area contributed by atoms with E-state index in [1.807, 2.05) is 4.90 Å². The summed E-state index contributed by atoms with van der Waals surface area (Å²) in [6.45, 7) is 6.05. The lowest BCUT2D eigenvalue weighted by Gasteiger charge is -2.40. The Kier molecular flexibility index (Phi) is 5.11. The lowest BCUT2D eigenvalue weighted by atomic mass is 9.79. The van der Waals surface area contributed by atoms with Crippen molar-refractivity contribution in [3.63, 3.8) is 0 Å². The summed E-state index contributed by atoms with van der Waals surface area (Å²) in [7, 11) is 0. The topological polar surface area (TPSA) is 41.6 Å². The number of morpholine rings is 1. The number of ether oxygens (including phenoxy) is 1. The van der Waals surface area contributed by atoms with Crippen LogP contribution in [0.2, 0.25) is 0 Å². The van der Waals surface area contributed by atoms with Crippen molar-refractivity contribution < 1.29 is 9.53 Å². The Balaban J connectivity index is 1.65. The van der Waals surface area contributed by atoms with Gasteiger partial charge in [0, 0.05) is 26.2 Å². The lowest BCUT2D eigenvalue weighted by Crippen LogP contribution is -2.52. The zero-order valence-electron chi connectivity index (χ0n) is 13.3. The van der Waals surface area contributed by atoms with Crippen LogP contribution in [0.3, 0.4) is 0 Å². The van der Waals surface area contributed by atoms with Crippen LogP contribution in [0.1, 0.15) is 31.2 Å². The van der Waals surface area contributed by atoms with Gasteiger partial charge in [-0.1, -0.05) is 43.7 Å². The van der Waals surface area contributed by atoms with Gasteiger partial charge in [-0.15, -0.1) is 0 Å². The van der Waals surface area contributed by atoms with Gasteiger partial charge in [-0.2, -0.15) is 0 Å². The molecule has 0 spiro atoms. The number of carbonyl (C=O) groups excluding carboxylic acids is 1. The molecule has 2 fully saturated rings. The Bertz CT molecular complexity index is 485. The summed E-state index contributed by atoms with van der Waals surface area (Å²) in [6, 6.07) is 10.7. The molecule has 0 aromatic heterocycles. The monoisotopic (exact) mass is 302 g/mol. The van der Waals surface area contributed by atoms with Crippen molar-refractivity contribution in [2.24, 2.45) is 5.92 Å². The fraction of sp³-hybridized carbons (Fsp3) is 0.611.